The fourth-order valence-corrected chi connectivity index (χ4v) is 10.2. The van der Waals surface area contributed by atoms with Gasteiger partial charge in [0.15, 0.2) is 6.61 Å². The SMILES string of the molecule is CCOc1ccccc1N1C(=O)C2C=CC=CC2=NC1CN1CCN(C(=O)COc2ccc(COCCCCCCN3C4CCCC3CC(OC(=O)Nc3cc(C)ccc3OC)C4)cc2)CC1. The minimum absolute atomic E-state index is 0.0170. The average Bonchev–Trinajstić information content (AvgIpc) is 3.33. The number of carbonyl (C=O) groups excluding carboxylic acids is 3. The zero-order valence-electron chi connectivity index (χ0n) is 39.5. The molecule has 0 spiro atoms. The number of allylic oxidation sites excluding steroid dienone is 3. The zero-order valence-corrected chi connectivity index (χ0v) is 39.5. The molecule has 4 unspecified atom stereocenters. The number of rotatable bonds is 20. The molecule has 358 valence electrons. The van der Waals surface area contributed by atoms with Gasteiger partial charge in [-0.15, -0.1) is 0 Å². The maximum atomic E-state index is 13.9. The van der Waals surface area contributed by atoms with Gasteiger partial charge in [-0.2, -0.15) is 0 Å². The normalized spacial score (nSPS) is 22.8. The van der Waals surface area contributed by atoms with Crippen LogP contribution in [0.1, 0.15) is 75.8 Å². The third kappa shape index (κ3) is 12.5. The van der Waals surface area contributed by atoms with Gasteiger partial charge in [-0.05, 0) is 99.7 Å². The minimum Gasteiger partial charge on any atom is -0.495 e. The molecule has 0 radical (unpaired) electrons. The molecule has 5 aliphatic rings. The number of nitrogens with zero attached hydrogens (tertiary/aromatic N) is 5. The fraction of sp³-hybridized carbons (Fsp3) is 0.509. The van der Waals surface area contributed by atoms with Gasteiger partial charge >= 0.3 is 6.09 Å². The van der Waals surface area contributed by atoms with Crippen molar-refractivity contribution < 1.29 is 38.1 Å². The van der Waals surface area contributed by atoms with Crippen LogP contribution in [0.3, 0.4) is 0 Å². The van der Waals surface area contributed by atoms with E-state index < -0.39 is 18.2 Å². The van der Waals surface area contributed by atoms with Gasteiger partial charge in [-0.25, -0.2) is 4.79 Å². The summed E-state index contributed by atoms with van der Waals surface area (Å²) in [4.78, 5) is 53.7. The molecule has 3 aromatic carbocycles. The second-order valence-corrected chi connectivity index (χ2v) is 18.2. The number of unbranched alkanes of at least 4 members (excludes halogenated alkanes) is 3. The quantitative estimate of drug-likeness (QED) is 0.111. The van der Waals surface area contributed by atoms with Crippen LogP contribution in [-0.4, -0.2) is 129 Å². The van der Waals surface area contributed by atoms with Crippen molar-refractivity contribution >= 4 is 35.0 Å². The number of ether oxygens (including phenoxy) is 5. The van der Waals surface area contributed by atoms with Crippen molar-refractivity contribution in [2.45, 2.75) is 103 Å². The lowest BCUT2D eigenvalue weighted by atomic mass is 9.82. The summed E-state index contributed by atoms with van der Waals surface area (Å²) in [5.74, 6) is 1.45. The molecule has 14 nitrogen and oxygen atoms in total. The summed E-state index contributed by atoms with van der Waals surface area (Å²) >= 11 is 0. The van der Waals surface area contributed by atoms with Crippen molar-refractivity contribution in [3.05, 3.63) is 102 Å². The molecule has 4 heterocycles. The number of methoxy groups -OCH3 is 1. The van der Waals surface area contributed by atoms with Crippen molar-refractivity contribution in [1.29, 1.82) is 0 Å². The third-order valence-electron chi connectivity index (χ3n) is 13.6. The van der Waals surface area contributed by atoms with Crippen LogP contribution in [0.25, 0.3) is 0 Å². The van der Waals surface area contributed by atoms with Gasteiger partial charge in [0.2, 0.25) is 5.91 Å². The topological polar surface area (TPSA) is 135 Å². The lowest BCUT2D eigenvalue weighted by Gasteiger charge is -2.48. The Morgan fingerprint density at radius 3 is 2.42 bits per heavy atom. The number of amides is 3. The fourth-order valence-electron chi connectivity index (χ4n) is 10.2. The maximum Gasteiger partial charge on any atom is 0.412 e. The number of hydrogen-bond acceptors (Lipinski definition) is 11. The Hall–Kier alpha value is -5.70. The molecule has 3 aromatic rings. The third-order valence-corrected chi connectivity index (χ3v) is 13.6. The highest BCUT2D eigenvalue weighted by Gasteiger charge is 2.41. The van der Waals surface area contributed by atoms with Crippen molar-refractivity contribution in [1.82, 2.24) is 14.7 Å². The summed E-state index contributed by atoms with van der Waals surface area (Å²) in [6, 6.07) is 22.1. The van der Waals surface area contributed by atoms with Gasteiger partial charge in [-0.1, -0.05) is 67.8 Å². The number of anilines is 2. The van der Waals surface area contributed by atoms with Crippen LogP contribution >= 0.6 is 0 Å². The van der Waals surface area contributed by atoms with Crippen molar-refractivity contribution in [3.8, 4) is 17.2 Å². The minimum atomic E-state index is -0.422. The molecule has 0 saturated carbocycles. The van der Waals surface area contributed by atoms with E-state index >= 15 is 0 Å². The second-order valence-electron chi connectivity index (χ2n) is 18.2. The Kier molecular flexibility index (Phi) is 16.7. The van der Waals surface area contributed by atoms with Gasteiger partial charge in [0.05, 0.1) is 43.3 Å². The number of benzene rings is 3. The first-order chi connectivity index (χ1) is 32.8. The van der Waals surface area contributed by atoms with Crippen molar-refractivity contribution in [2.24, 2.45) is 10.9 Å². The Labute approximate surface area is 395 Å². The van der Waals surface area contributed by atoms with E-state index in [1.807, 2.05) is 110 Å². The second kappa shape index (κ2) is 23.3. The molecule has 67 heavy (non-hydrogen) atoms. The summed E-state index contributed by atoms with van der Waals surface area (Å²) in [5, 5.41) is 2.90. The molecule has 3 amide bonds. The van der Waals surface area contributed by atoms with E-state index in [0.29, 0.717) is 87.6 Å². The van der Waals surface area contributed by atoms with Gasteiger partial charge in [-0.3, -0.25) is 34.6 Å². The molecular formula is C53H68N6O8. The van der Waals surface area contributed by atoms with Crippen LogP contribution in [0, 0.1) is 12.8 Å². The number of aliphatic imine (C=N–C) groups is 1. The van der Waals surface area contributed by atoms with Crippen LogP contribution in [0.15, 0.2) is 96.0 Å². The van der Waals surface area contributed by atoms with Gasteiger partial charge in [0.25, 0.3) is 5.91 Å². The average molecular weight is 917 g/mol. The molecule has 2 bridgehead atoms. The summed E-state index contributed by atoms with van der Waals surface area (Å²) in [6.45, 7) is 9.76. The number of para-hydroxylation sites is 2. The van der Waals surface area contributed by atoms with Crippen LogP contribution in [0.5, 0.6) is 17.2 Å². The van der Waals surface area contributed by atoms with E-state index in [2.05, 4.69) is 15.1 Å². The van der Waals surface area contributed by atoms with E-state index in [1.165, 1.54) is 12.8 Å². The van der Waals surface area contributed by atoms with Crippen LogP contribution in [-0.2, 0) is 25.7 Å². The number of piperidine rings is 2. The first-order valence-electron chi connectivity index (χ1n) is 24.4. The number of nitrogens with one attached hydrogen (secondary N) is 1. The van der Waals surface area contributed by atoms with E-state index in [0.717, 1.165) is 74.0 Å². The first-order valence-corrected chi connectivity index (χ1v) is 24.4. The Balaban J connectivity index is 0.692. The molecular weight excluding hydrogens is 849 g/mol. The predicted molar refractivity (Wildman–Crippen MR) is 260 cm³/mol. The molecule has 4 aliphatic heterocycles. The zero-order chi connectivity index (χ0) is 46.5. The molecule has 14 heteroatoms. The molecule has 8 rings (SSSR count). The molecule has 3 saturated heterocycles. The Bertz CT molecular complexity index is 2230. The molecule has 4 atom stereocenters. The number of carbonyl (C=O) groups is 3. The van der Waals surface area contributed by atoms with E-state index in [-0.39, 0.29) is 24.5 Å². The summed E-state index contributed by atoms with van der Waals surface area (Å²) < 4.78 is 29.2. The summed E-state index contributed by atoms with van der Waals surface area (Å²) in [5.41, 5.74) is 4.24. The van der Waals surface area contributed by atoms with E-state index in [4.69, 9.17) is 28.7 Å². The number of fused-ring (bicyclic) bond motifs is 3. The summed E-state index contributed by atoms with van der Waals surface area (Å²) in [6.07, 6.45) is 16.6. The lowest BCUT2D eigenvalue weighted by molar-refractivity contribution is -0.135. The molecule has 1 N–H and O–H groups in total. The molecule has 3 fully saturated rings. The highest BCUT2D eigenvalue weighted by Crippen LogP contribution is 2.37. The van der Waals surface area contributed by atoms with Gasteiger partial charge in [0.1, 0.15) is 29.5 Å². The monoisotopic (exact) mass is 917 g/mol. The maximum absolute atomic E-state index is 13.9. The highest BCUT2D eigenvalue weighted by molar-refractivity contribution is 6.18. The van der Waals surface area contributed by atoms with E-state index in [1.54, 1.807) is 12.0 Å². The van der Waals surface area contributed by atoms with Crippen molar-refractivity contribution in [2.75, 3.05) is 76.4 Å². The number of piperazine rings is 1. The highest BCUT2D eigenvalue weighted by atomic mass is 16.6. The van der Waals surface area contributed by atoms with Crippen LogP contribution < -0.4 is 24.4 Å². The smallest absolute Gasteiger partial charge is 0.412 e. The van der Waals surface area contributed by atoms with Crippen LogP contribution in [0.4, 0.5) is 16.2 Å². The standard InChI is InChI=1S/C53H68N6O8/c1-4-65-49-19-10-9-18-47(49)59-50(54-45-17-8-7-16-44(45)52(59)61)35-56-27-29-57(30-28-56)51(60)37-66-42-23-21-39(22-24-42)36-64-31-12-6-5-11-26-58-40-14-13-15-41(58)34-43(33-40)67-53(62)55-46-32-38(2)20-25-48(46)63-3/h7-10,16-25,32,40-41,43-44,50H,4-6,11-15,26-31,33-37H2,1-3H3,(H,55,62). The molecule has 0 aromatic heterocycles. The number of aryl methyl sites for hydroxylation is 1. The largest absolute Gasteiger partial charge is 0.495 e. The Morgan fingerprint density at radius 1 is 0.866 bits per heavy atom. The van der Waals surface area contributed by atoms with Gasteiger partial charge < -0.3 is 28.6 Å². The lowest BCUT2D eigenvalue weighted by Crippen LogP contribution is -2.56. The van der Waals surface area contributed by atoms with Gasteiger partial charge in [0, 0.05) is 64.3 Å². The Morgan fingerprint density at radius 2 is 1.64 bits per heavy atom. The van der Waals surface area contributed by atoms with E-state index in [9.17, 15) is 14.4 Å². The van der Waals surface area contributed by atoms with Crippen molar-refractivity contribution in [3.63, 3.8) is 0 Å². The van der Waals surface area contributed by atoms with Crippen LogP contribution in [0.2, 0.25) is 0 Å². The number of hydrogen-bond donors (Lipinski definition) is 1. The first kappa shape index (κ1) is 47.8. The predicted octanol–water partition coefficient (Wildman–Crippen LogP) is 8.19. The summed E-state index contributed by atoms with van der Waals surface area (Å²) in [7, 11) is 1.60. The molecule has 1 aliphatic carbocycles.